The molecule has 0 N–H and O–H groups in total. The highest BCUT2D eigenvalue weighted by molar-refractivity contribution is 6.25. The number of carbonyl (C=O) groups excluding carboxylic acids is 3. The molecule has 0 fully saturated rings. The Bertz CT molecular complexity index is 771. The molecular weight excluding hydrogens is 270 g/mol. The third-order valence-electron chi connectivity index (χ3n) is 3.26. The van der Waals surface area contributed by atoms with Crippen LogP contribution in [0.15, 0.2) is 48.6 Å². The number of carbonyl (C=O) groups is 3. The standard InChI is InChI=1S/C16H11NO4/c1-9(2)16(20)21-17-14(18)11-7-3-5-10-6-4-8-12(13(10)11)15(17)19/h3-8H,1H2,2H3. The zero-order chi connectivity index (χ0) is 15.1. The Morgan fingerprint density at radius 2 is 1.57 bits per heavy atom. The van der Waals surface area contributed by atoms with Crippen molar-refractivity contribution in [1.29, 1.82) is 0 Å². The van der Waals surface area contributed by atoms with Gasteiger partial charge in [0.2, 0.25) is 0 Å². The zero-order valence-corrected chi connectivity index (χ0v) is 11.3. The molecular formula is C16H11NO4. The minimum atomic E-state index is -0.816. The Morgan fingerprint density at radius 3 is 2.05 bits per heavy atom. The molecule has 0 unspecified atom stereocenters. The fraction of sp³-hybridized carbons (Fsp3) is 0.0625. The van der Waals surface area contributed by atoms with E-state index in [0.717, 1.165) is 5.39 Å². The summed E-state index contributed by atoms with van der Waals surface area (Å²) in [7, 11) is 0. The summed E-state index contributed by atoms with van der Waals surface area (Å²) >= 11 is 0. The molecule has 2 aromatic carbocycles. The van der Waals surface area contributed by atoms with Gasteiger partial charge >= 0.3 is 5.97 Å². The Morgan fingerprint density at radius 1 is 1.05 bits per heavy atom. The van der Waals surface area contributed by atoms with Gasteiger partial charge in [0.1, 0.15) is 0 Å². The minimum Gasteiger partial charge on any atom is -0.325 e. The summed E-state index contributed by atoms with van der Waals surface area (Å²) in [5.74, 6) is -2.12. The van der Waals surface area contributed by atoms with Crippen LogP contribution in [0.5, 0.6) is 0 Å². The summed E-state index contributed by atoms with van der Waals surface area (Å²) in [5.41, 5.74) is 0.766. The smallest absolute Gasteiger partial charge is 0.325 e. The van der Waals surface area contributed by atoms with Gasteiger partial charge < -0.3 is 4.84 Å². The number of amides is 2. The average Bonchev–Trinajstić information content (AvgIpc) is 2.48. The average molecular weight is 281 g/mol. The maximum atomic E-state index is 12.4. The van der Waals surface area contributed by atoms with Gasteiger partial charge in [-0.3, -0.25) is 9.59 Å². The second-order valence-electron chi connectivity index (χ2n) is 4.77. The van der Waals surface area contributed by atoms with Crippen LogP contribution < -0.4 is 0 Å². The first-order valence-corrected chi connectivity index (χ1v) is 6.29. The van der Waals surface area contributed by atoms with Crippen LogP contribution >= 0.6 is 0 Å². The van der Waals surface area contributed by atoms with Crippen LogP contribution in [-0.2, 0) is 9.63 Å². The second-order valence-corrected chi connectivity index (χ2v) is 4.77. The number of hydrogen-bond donors (Lipinski definition) is 0. The van der Waals surface area contributed by atoms with E-state index in [1.807, 2.05) is 12.1 Å². The molecule has 0 aliphatic carbocycles. The van der Waals surface area contributed by atoms with E-state index in [-0.39, 0.29) is 5.57 Å². The monoisotopic (exact) mass is 281 g/mol. The van der Waals surface area contributed by atoms with Gasteiger partial charge in [-0.25, -0.2) is 4.79 Å². The molecule has 5 heteroatoms. The highest BCUT2D eigenvalue weighted by atomic mass is 16.7. The SMILES string of the molecule is C=C(C)C(=O)ON1C(=O)c2cccc3cccc(c23)C1=O. The Kier molecular flexibility index (Phi) is 2.83. The largest absolute Gasteiger partial charge is 0.359 e. The molecule has 2 aromatic rings. The first-order chi connectivity index (χ1) is 10.0. The maximum absolute atomic E-state index is 12.4. The highest BCUT2D eigenvalue weighted by Gasteiger charge is 2.35. The maximum Gasteiger partial charge on any atom is 0.359 e. The number of benzene rings is 2. The van der Waals surface area contributed by atoms with E-state index in [0.29, 0.717) is 21.6 Å². The fourth-order valence-electron chi connectivity index (χ4n) is 2.25. The first kappa shape index (κ1) is 13.1. The van der Waals surface area contributed by atoms with Gasteiger partial charge in [0.05, 0.1) is 11.1 Å². The van der Waals surface area contributed by atoms with Crippen LogP contribution in [0.25, 0.3) is 10.8 Å². The van der Waals surface area contributed by atoms with E-state index < -0.39 is 17.8 Å². The first-order valence-electron chi connectivity index (χ1n) is 6.29. The summed E-state index contributed by atoms with van der Waals surface area (Å²) in [6, 6.07) is 10.3. The van der Waals surface area contributed by atoms with Gasteiger partial charge in [-0.05, 0) is 24.4 Å². The third-order valence-corrected chi connectivity index (χ3v) is 3.26. The number of hydrogen-bond acceptors (Lipinski definition) is 4. The van der Waals surface area contributed by atoms with Crippen LogP contribution in [-0.4, -0.2) is 22.8 Å². The van der Waals surface area contributed by atoms with Crippen LogP contribution in [0, 0.1) is 0 Å². The van der Waals surface area contributed by atoms with Crippen molar-refractivity contribution in [3.05, 3.63) is 59.7 Å². The van der Waals surface area contributed by atoms with Gasteiger partial charge in [0, 0.05) is 11.0 Å². The summed E-state index contributed by atoms with van der Waals surface area (Å²) in [6.45, 7) is 4.87. The minimum absolute atomic E-state index is 0.104. The Labute approximate surface area is 120 Å². The summed E-state index contributed by atoms with van der Waals surface area (Å²) in [6.07, 6.45) is 0. The van der Waals surface area contributed by atoms with Gasteiger partial charge in [-0.1, -0.05) is 35.9 Å². The molecule has 1 aliphatic rings. The van der Waals surface area contributed by atoms with Crippen LogP contribution in [0.1, 0.15) is 27.6 Å². The molecule has 2 amide bonds. The number of hydroxylamine groups is 2. The van der Waals surface area contributed by atoms with E-state index in [4.69, 9.17) is 4.84 Å². The van der Waals surface area contributed by atoms with Gasteiger partial charge in [-0.2, -0.15) is 0 Å². The summed E-state index contributed by atoms with van der Waals surface area (Å²) in [5, 5.41) is 1.86. The number of rotatable bonds is 2. The molecule has 0 atom stereocenters. The molecule has 3 rings (SSSR count). The quantitative estimate of drug-likeness (QED) is 0.626. The second kappa shape index (κ2) is 4.56. The van der Waals surface area contributed by atoms with Crippen LogP contribution in [0.2, 0.25) is 0 Å². The van der Waals surface area contributed by atoms with Crippen LogP contribution in [0.4, 0.5) is 0 Å². The van der Waals surface area contributed by atoms with E-state index in [9.17, 15) is 14.4 Å². The van der Waals surface area contributed by atoms with Crippen molar-refractivity contribution in [2.75, 3.05) is 0 Å². The highest BCUT2D eigenvalue weighted by Crippen LogP contribution is 2.30. The molecule has 1 aliphatic heterocycles. The van der Waals surface area contributed by atoms with Crippen molar-refractivity contribution in [3.63, 3.8) is 0 Å². The van der Waals surface area contributed by atoms with Gasteiger partial charge in [0.15, 0.2) is 0 Å². The molecule has 0 saturated carbocycles. The molecule has 0 spiro atoms. The van der Waals surface area contributed by atoms with E-state index in [2.05, 4.69) is 6.58 Å². The summed E-state index contributed by atoms with van der Waals surface area (Å²) in [4.78, 5) is 41.2. The van der Waals surface area contributed by atoms with Crippen molar-refractivity contribution in [1.82, 2.24) is 5.06 Å². The van der Waals surface area contributed by atoms with Gasteiger partial charge in [0.25, 0.3) is 11.8 Å². The van der Waals surface area contributed by atoms with E-state index in [1.165, 1.54) is 6.92 Å². The molecule has 0 aromatic heterocycles. The van der Waals surface area contributed by atoms with Crippen molar-refractivity contribution >= 4 is 28.6 Å². The fourth-order valence-corrected chi connectivity index (χ4v) is 2.25. The normalized spacial score (nSPS) is 13.5. The third kappa shape index (κ3) is 1.90. The van der Waals surface area contributed by atoms with E-state index >= 15 is 0 Å². The zero-order valence-electron chi connectivity index (χ0n) is 11.3. The molecule has 1 heterocycles. The Balaban J connectivity index is 2.15. The van der Waals surface area contributed by atoms with E-state index in [1.54, 1.807) is 24.3 Å². The van der Waals surface area contributed by atoms with Crippen molar-refractivity contribution in [2.24, 2.45) is 0 Å². The lowest BCUT2D eigenvalue weighted by Gasteiger charge is -2.25. The topological polar surface area (TPSA) is 63.7 Å². The lowest BCUT2D eigenvalue weighted by atomic mass is 9.95. The van der Waals surface area contributed by atoms with Gasteiger partial charge in [-0.15, -0.1) is 0 Å². The Hall–Kier alpha value is -2.95. The predicted molar refractivity (Wildman–Crippen MR) is 75.4 cm³/mol. The molecule has 0 saturated heterocycles. The molecule has 104 valence electrons. The van der Waals surface area contributed by atoms with Crippen molar-refractivity contribution in [2.45, 2.75) is 6.92 Å². The summed E-state index contributed by atoms with van der Waals surface area (Å²) < 4.78 is 0. The number of imide groups is 1. The van der Waals surface area contributed by atoms with Crippen LogP contribution in [0.3, 0.4) is 0 Å². The molecule has 5 nitrogen and oxygen atoms in total. The lowest BCUT2D eigenvalue weighted by Crippen LogP contribution is -2.41. The van der Waals surface area contributed by atoms with Crippen molar-refractivity contribution in [3.8, 4) is 0 Å². The predicted octanol–water partition coefficient (Wildman–Crippen LogP) is 2.47. The molecule has 0 bridgehead atoms. The molecule has 21 heavy (non-hydrogen) atoms. The lowest BCUT2D eigenvalue weighted by molar-refractivity contribution is -0.164. The number of nitrogens with zero attached hydrogens (tertiary/aromatic N) is 1. The molecule has 0 radical (unpaired) electrons. The van der Waals surface area contributed by atoms with Crippen molar-refractivity contribution < 1.29 is 19.2 Å².